The van der Waals surface area contributed by atoms with Crippen LogP contribution in [0.5, 0.6) is 0 Å². The zero-order valence-corrected chi connectivity index (χ0v) is 11.6. The number of benzene rings is 1. The van der Waals surface area contributed by atoms with Crippen LogP contribution in [0.1, 0.15) is 24.1 Å². The Morgan fingerprint density at radius 2 is 2.05 bits per heavy atom. The fourth-order valence-corrected chi connectivity index (χ4v) is 2.86. The van der Waals surface area contributed by atoms with E-state index < -0.39 is 11.7 Å². The smallest absolute Gasteiger partial charge is 0.348 e. The number of alkyl halides is 3. The molecular formula is C13H15F3N2OS. The third-order valence-corrected chi connectivity index (χ3v) is 4.07. The summed E-state index contributed by atoms with van der Waals surface area (Å²) >= 11 is 1.64. The summed E-state index contributed by atoms with van der Waals surface area (Å²) in [5.41, 5.74) is -0.0364. The van der Waals surface area contributed by atoms with Gasteiger partial charge in [0.15, 0.2) is 0 Å². The second-order valence-corrected chi connectivity index (χ2v) is 5.65. The first kappa shape index (κ1) is 15.2. The molecule has 1 aromatic carbocycles. The maximum Gasteiger partial charge on any atom is 0.416 e. The standard InChI is InChI=1S/C13H15F3N2OS/c1-8(18-12(19)11-6-20-7-17-11)9-2-4-10(5-3-9)13(14,15)16/h2-5,8,11,17H,6-7H2,1H3,(H,18,19). The number of halogens is 3. The molecule has 1 heterocycles. The number of hydrogen-bond donors (Lipinski definition) is 2. The molecule has 1 amide bonds. The highest BCUT2D eigenvalue weighted by Crippen LogP contribution is 2.29. The molecule has 0 spiro atoms. The minimum absolute atomic E-state index is 0.123. The third-order valence-electron chi connectivity index (χ3n) is 3.13. The van der Waals surface area contributed by atoms with Crippen molar-refractivity contribution in [2.75, 3.05) is 11.6 Å². The summed E-state index contributed by atoms with van der Waals surface area (Å²) in [6.45, 7) is 1.75. The molecule has 3 nitrogen and oxygen atoms in total. The summed E-state index contributed by atoms with van der Waals surface area (Å²) in [5, 5.41) is 5.84. The Bertz CT molecular complexity index is 469. The van der Waals surface area contributed by atoms with E-state index in [-0.39, 0.29) is 18.0 Å². The second-order valence-electron chi connectivity index (χ2n) is 4.62. The highest BCUT2D eigenvalue weighted by molar-refractivity contribution is 7.99. The van der Waals surface area contributed by atoms with Crippen molar-refractivity contribution in [2.24, 2.45) is 0 Å². The Morgan fingerprint density at radius 1 is 1.40 bits per heavy atom. The van der Waals surface area contributed by atoms with Crippen LogP contribution in [0.3, 0.4) is 0 Å². The van der Waals surface area contributed by atoms with E-state index in [4.69, 9.17) is 0 Å². The van der Waals surface area contributed by atoms with Gasteiger partial charge in [0.1, 0.15) is 0 Å². The Kier molecular flexibility index (Phi) is 4.59. The van der Waals surface area contributed by atoms with Gasteiger partial charge in [-0.05, 0) is 24.6 Å². The largest absolute Gasteiger partial charge is 0.416 e. The molecule has 1 fully saturated rings. The summed E-state index contributed by atoms with van der Waals surface area (Å²) in [6, 6.07) is 4.30. The van der Waals surface area contributed by atoms with E-state index in [0.29, 0.717) is 11.3 Å². The molecule has 0 aromatic heterocycles. The maximum atomic E-state index is 12.5. The molecule has 1 aliphatic rings. The molecule has 2 atom stereocenters. The summed E-state index contributed by atoms with van der Waals surface area (Å²) in [7, 11) is 0. The van der Waals surface area contributed by atoms with Crippen molar-refractivity contribution in [1.82, 2.24) is 10.6 Å². The highest BCUT2D eigenvalue weighted by atomic mass is 32.2. The number of nitrogens with one attached hydrogen (secondary N) is 2. The van der Waals surface area contributed by atoms with Gasteiger partial charge in [-0.1, -0.05) is 12.1 Å². The normalized spacial score (nSPS) is 20.7. The predicted octanol–water partition coefficient (Wildman–Crippen LogP) is 2.55. The molecule has 2 N–H and O–H groups in total. The van der Waals surface area contributed by atoms with E-state index in [0.717, 1.165) is 18.0 Å². The monoisotopic (exact) mass is 304 g/mol. The lowest BCUT2D eigenvalue weighted by Gasteiger charge is -2.18. The lowest BCUT2D eigenvalue weighted by molar-refractivity contribution is -0.137. The number of carbonyl (C=O) groups excluding carboxylic acids is 1. The molecule has 1 aromatic rings. The molecule has 1 aliphatic heterocycles. The molecule has 2 rings (SSSR count). The average Bonchev–Trinajstić information content (AvgIpc) is 2.91. The van der Waals surface area contributed by atoms with Crippen LogP contribution in [0.2, 0.25) is 0 Å². The van der Waals surface area contributed by atoms with Crippen molar-refractivity contribution >= 4 is 17.7 Å². The van der Waals surface area contributed by atoms with Crippen molar-refractivity contribution in [2.45, 2.75) is 25.2 Å². The Balaban J connectivity index is 1.98. The Morgan fingerprint density at radius 3 is 2.55 bits per heavy atom. The average molecular weight is 304 g/mol. The van der Waals surface area contributed by atoms with Gasteiger partial charge in [0.2, 0.25) is 5.91 Å². The van der Waals surface area contributed by atoms with E-state index in [1.165, 1.54) is 12.1 Å². The van der Waals surface area contributed by atoms with E-state index >= 15 is 0 Å². The van der Waals surface area contributed by atoms with E-state index in [1.54, 1.807) is 18.7 Å². The van der Waals surface area contributed by atoms with Gasteiger partial charge in [-0.15, -0.1) is 11.8 Å². The SMILES string of the molecule is CC(NC(=O)C1CSCN1)c1ccc(C(F)(F)F)cc1. The summed E-state index contributed by atoms with van der Waals surface area (Å²) in [5.74, 6) is 1.33. The molecule has 0 bridgehead atoms. The van der Waals surface area contributed by atoms with Crippen molar-refractivity contribution in [1.29, 1.82) is 0 Å². The lowest BCUT2D eigenvalue weighted by Crippen LogP contribution is -2.42. The first-order chi connectivity index (χ1) is 9.38. The van der Waals surface area contributed by atoms with Gasteiger partial charge in [-0.25, -0.2) is 0 Å². The van der Waals surface area contributed by atoms with Gasteiger partial charge in [0.05, 0.1) is 17.6 Å². The number of rotatable bonds is 3. The van der Waals surface area contributed by atoms with Gasteiger partial charge in [0.25, 0.3) is 0 Å². The van der Waals surface area contributed by atoms with E-state index in [2.05, 4.69) is 10.6 Å². The number of thioether (sulfide) groups is 1. The van der Waals surface area contributed by atoms with Crippen LogP contribution in [-0.4, -0.2) is 23.6 Å². The lowest BCUT2D eigenvalue weighted by atomic mass is 10.1. The third kappa shape index (κ3) is 3.67. The zero-order chi connectivity index (χ0) is 14.8. The van der Waals surface area contributed by atoms with Crippen LogP contribution >= 0.6 is 11.8 Å². The van der Waals surface area contributed by atoms with Gasteiger partial charge in [-0.3, -0.25) is 10.1 Å². The van der Waals surface area contributed by atoms with E-state index in [1.807, 2.05) is 0 Å². The molecule has 1 saturated heterocycles. The minimum atomic E-state index is -4.34. The highest BCUT2D eigenvalue weighted by Gasteiger charge is 2.30. The van der Waals surface area contributed by atoms with E-state index in [9.17, 15) is 18.0 Å². The van der Waals surface area contributed by atoms with Crippen molar-refractivity contribution in [3.05, 3.63) is 35.4 Å². The number of amides is 1. The maximum absolute atomic E-state index is 12.5. The van der Waals surface area contributed by atoms with Gasteiger partial charge >= 0.3 is 6.18 Å². The van der Waals surface area contributed by atoms with Crippen LogP contribution in [-0.2, 0) is 11.0 Å². The van der Waals surface area contributed by atoms with Crippen LogP contribution in [0.4, 0.5) is 13.2 Å². The molecular weight excluding hydrogens is 289 g/mol. The number of carbonyl (C=O) groups is 1. The fraction of sp³-hybridized carbons (Fsp3) is 0.462. The Hall–Kier alpha value is -1.21. The molecule has 0 aliphatic carbocycles. The van der Waals surface area contributed by atoms with Crippen molar-refractivity contribution in [3.63, 3.8) is 0 Å². The quantitative estimate of drug-likeness (QED) is 0.902. The van der Waals surface area contributed by atoms with Crippen molar-refractivity contribution in [3.8, 4) is 0 Å². The molecule has 7 heteroatoms. The summed E-state index contributed by atoms with van der Waals surface area (Å²) < 4.78 is 37.4. The van der Waals surface area contributed by atoms with Gasteiger partial charge in [0, 0.05) is 11.6 Å². The first-order valence-corrected chi connectivity index (χ1v) is 7.32. The predicted molar refractivity (Wildman–Crippen MR) is 72.3 cm³/mol. The van der Waals surface area contributed by atoms with Crippen LogP contribution in [0.15, 0.2) is 24.3 Å². The first-order valence-electron chi connectivity index (χ1n) is 6.16. The van der Waals surface area contributed by atoms with Crippen LogP contribution < -0.4 is 10.6 Å². The molecule has 20 heavy (non-hydrogen) atoms. The molecule has 0 radical (unpaired) electrons. The van der Waals surface area contributed by atoms with Gasteiger partial charge < -0.3 is 5.32 Å². The Labute approximate surface area is 119 Å². The van der Waals surface area contributed by atoms with Crippen molar-refractivity contribution < 1.29 is 18.0 Å². The van der Waals surface area contributed by atoms with Gasteiger partial charge in [-0.2, -0.15) is 13.2 Å². The summed E-state index contributed by atoms with van der Waals surface area (Å²) in [6.07, 6.45) is -4.34. The second kappa shape index (κ2) is 6.05. The van der Waals surface area contributed by atoms with Crippen LogP contribution in [0.25, 0.3) is 0 Å². The number of hydrogen-bond acceptors (Lipinski definition) is 3. The molecule has 0 saturated carbocycles. The van der Waals surface area contributed by atoms with Crippen LogP contribution in [0, 0.1) is 0 Å². The zero-order valence-electron chi connectivity index (χ0n) is 10.8. The minimum Gasteiger partial charge on any atom is -0.348 e. The fourth-order valence-electron chi connectivity index (χ4n) is 1.92. The summed E-state index contributed by atoms with van der Waals surface area (Å²) in [4.78, 5) is 11.9. The molecule has 2 unspecified atom stereocenters. The molecule has 110 valence electrons. The topological polar surface area (TPSA) is 41.1 Å².